The molecule has 128 valence electrons. The van der Waals surface area contributed by atoms with Gasteiger partial charge in [0.25, 0.3) is 5.91 Å². The van der Waals surface area contributed by atoms with Gasteiger partial charge < -0.3 is 10.2 Å². The van der Waals surface area contributed by atoms with Crippen molar-refractivity contribution < 1.29 is 18.0 Å². The van der Waals surface area contributed by atoms with Crippen molar-refractivity contribution in [2.75, 3.05) is 23.8 Å². The van der Waals surface area contributed by atoms with E-state index in [1.54, 1.807) is 18.2 Å². The highest BCUT2D eigenvalue weighted by Crippen LogP contribution is 2.38. The SMILES string of the molecule is CCN(C)c1cccc(NC(=O)c2ccccc2SC(F)(F)F)c1. The van der Waals surface area contributed by atoms with Crippen LogP contribution in [0.4, 0.5) is 24.5 Å². The molecule has 0 aliphatic rings. The van der Waals surface area contributed by atoms with Crippen LogP contribution < -0.4 is 10.2 Å². The average Bonchev–Trinajstić information content (AvgIpc) is 2.53. The fourth-order valence-corrected chi connectivity index (χ4v) is 2.74. The van der Waals surface area contributed by atoms with Crippen molar-refractivity contribution in [2.24, 2.45) is 0 Å². The summed E-state index contributed by atoms with van der Waals surface area (Å²) in [6.45, 7) is 2.79. The summed E-state index contributed by atoms with van der Waals surface area (Å²) in [5, 5.41) is 2.66. The van der Waals surface area contributed by atoms with Gasteiger partial charge in [-0.05, 0) is 49.0 Å². The van der Waals surface area contributed by atoms with E-state index in [1.807, 2.05) is 24.9 Å². The first kappa shape index (κ1) is 18.2. The van der Waals surface area contributed by atoms with Gasteiger partial charge in [0.15, 0.2) is 0 Å². The number of carbonyl (C=O) groups excluding carboxylic acids is 1. The Bertz CT molecular complexity index is 719. The fourth-order valence-electron chi connectivity index (χ4n) is 2.07. The molecule has 3 nitrogen and oxygen atoms in total. The lowest BCUT2D eigenvalue weighted by Gasteiger charge is -2.18. The summed E-state index contributed by atoms with van der Waals surface area (Å²) in [6, 6.07) is 12.8. The van der Waals surface area contributed by atoms with Gasteiger partial charge in [0.1, 0.15) is 0 Å². The van der Waals surface area contributed by atoms with E-state index in [0.29, 0.717) is 5.69 Å². The van der Waals surface area contributed by atoms with Crippen molar-refractivity contribution in [1.82, 2.24) is 0 Å². The van der Waals surface area contributed by atoms with Gasteiger partial charge in [0.05, 0.1) is 5.56 Å². The van der Waals surface area contributed by atoms with Gasteiger partial charge in [-0.15, -0.1) is 0 Å². The Morgan fingerprint density at radius 3 is 2.54 bits per heavy atom. The Morgan fingerprint density at radius 2 is 1.88 bits per heavy atom. The van der Waals surface area contributed by atoms with E-state index in [2.05, 4.69) is 5.32 Å². The number of halogens is 3. The molecule has 0 aliphatic carbocycles. The van der Waals surface area contributed by atoms with Crippen molar-refractivity contribution in [2.45, 2.75) is 17.3 Å². The lowest BCUT2D eigenvalue weighted by molar-refractivity contribution is -0.0328. The highest BCUT2D eigenvalue weighted by atomic mass is 32.2. The Labute approximate surface area is 142 Å². The molecular formula is C17H17F3N2OS. The van der Waals surface area contributed by atoms with Crippen molar-refractivity contribution in [3.63, 3.8) is 0 Å². The number of carbonyl (C=O) groups is 1. The molecule has 0 aliphatic heterocycles. The largest absolute Gasteiger partial charge is 0.446 e. The molecular weight excluding hydrogens is 337 g/mol. The Morgan fingerprint density at radius 1 is 1.17 bits per heavy atom. The van der Waals surface area contributed by atoms with Crippen LogP contribution in [-0.4, -0.2) is 25.0 Å². The van der Waals surface area contributed by atoms with Crippen LogP contribution in [0.1, 0.15) is 17.3 Å². The smallest absolute Gasteiger partial charge is 0.375 e. The Kier molecular flexibility index (Phi) is 5.77. The first-order chi connectivity index (χ1) is 11.3. The molecule has 0 spiro atoms. The highest BCUT2D eigenvalue weighted by Gasteiger charge is 2.31. The second-order valence-electron chi connectivity index (χ2n) is 5.06. The maximum atomic E-state index is 12.6. The molecule has 0 aromatic heterocycles. The molecule has 2 aromatic rings. The molecule has 7 heteroatoms. The molecule has 0 bridgehead atoms. The fraction of sp³-hybridized carbons (Fsp3) is 0.235. The quantitative estimate of drug-likeness (QED) is 0.767. The van der Waals surface area contributed by atoms with Gasteiger partial charge in [-0.3, -0.25) is 4.79 Å². The molecule has 0 saturated carbocycles. The minimum atomic E-state index is -4.44. The maximum absolute atomic E-state index is 12.6. The van der Waals surface area contributed by atoms with E-state index in [4.69, 9.17) is 0 Å². The molecule has 2 aromatic carbocycles. The van der Waals surface area contributed by atoms with Crippen LogP contribution in [0.3, 0.4) is 0 Å². The van der Waals surface area contributed by atoms with Gasteiger partial charge >= 0.3 is 5.51 Å². The minimum absolute atomic E-state index is 0.00549. The predicted octanol–water partition coefficient (Wildman–Crippen LogP) is 5.01. The number of hydrogen-bond donors (Lipinski definition) is 1. The summed E-state index contributed by atoms with van der Waals surface area (Å²) in [4.78, 5) is 14.2. The van der Waals surface area contributed by atoms with Crippen molar-refractivity contribution in [3.05, 3.63) is 54.1 Å². The van der Waals surface area contributed by atoms with Crippen LogP contribution in [0.2, 0.25) is 0 Å². The van der Waals surface area contributed by atoms with Crippen LogP contribution in [-0.2, 0) is 0 Å². The number of alkyl halides is 3. The standard InChI is InChI=1S/C17H17F3N2OS/c1-3-22(2)13-8-6-7-12(11-13)21-16(23)14-9-4-5-10-15(14)24-17(18,19)20/h4-11H,3H2,1-2H3,(H,21,23). The van der Waals surface area contributed by atoms with E-state index in [-0.39, 0.29) is 22.2 Å². The van der Waals surface area contributed by atoms with E-state index in [0.717, 1.165) is 12.2 Å². The molecule has 0 fully saturated rings. The topological polar surface area (TPSA) is 32.3 Å². The van der Waals surface area contributed by atoms with Crippen LogP contribution in [0.25, 0.3) is 0 Å². The lowest BCUT2D eigenvalue weighted by atomic mass is 10.2. The number of benzene rings is 2. The summed E-state index contributed by atoms with van der Waals surface area (Å²) < 4.78 is 37.9. The molecule has 1 N–H and O–H groups in total. The average molecular weight is 354 g/mol. The zero-order chi connectivity index (χ0) is 17.7. The first-order valence-corrected chi connectivity index (χ1v) is 8.09. The van der Waals surface area contributed by atoms with Crippen molar-refractivity contribution >= 4 is 29.0 Å². The minimum Gasteiger partial charge on any atom is -0.375 e. The zero-order valence-electron chi connectivity index (χ0n) is 13.2. The molecule has 2 rings (SSSR count). The zero-order valence-corrected chi connectivity index (χ0v) is 14.0. The number of amides is 1. The third-order valence-electron chi connectivity index (χ3n) is 3.38. The monoisotopic (exact) mass is 354 g/mol. The maximum Gasteiger partial charge on any atom is 0.446 e. The van der Waals surface area contributed by atoms with Gasteiger partial charge in [0, 0.05) is 29.9 Å². The Hall–Kier alpha value is -2.15. The predicted molar refractivity (Wildman–Crippen MR) is 91.7 cm³/mol. The van der Waals surface area contributed by atoms with Gasteiger partial charge in [-0.25, -0.2) is 0 Å². The number of hydrogen-bond acceptors (Lipinski definition) is 3. The van der Waals surface area contributed by atoms with E-state index < -0.39 is 11.4 Å². The van der Waals surface area contributed by atoms with Gasteiger partial charge in [-0.1, -0.05) is 18.2 Å². The van der Waals surface area contributed by atoms with E-state index in [1.165, 1.54) is 24.3 Å². The number of rotatable bonds is 5. The summed E-state index contributed by atoms with van der Waals surface area (Å²) in [5.74, 6) is -0.571. The summed E-state index contributed by atoms with van der Waals surface area (Å²) in [5.41, 5.74) is -3.01. The molecule has 0 radical (unpaired) electrons. The molecule has 0 heterocycles. The summed E-state index contributed by atoms with van der Waals surface area (Å²) >= 11 is -0.291. The summed E-state index contributed by atoms with van der Waals surface area (Å²) in [6.07, 6.45) is 0. The van der Waals surface area contributed by atoms with Gasteiger partial charge in [0.2, 0.25) is 0 Å². The van der Waals surface area contributed by atoms with Gasteiger partial charge in [-0.2, -0.15) is 13.2 Å². The van der Waals surface area contributed by atoms with Crippen LogP contribution in [0, 0.1) is 0 Å². The molecule has 24 heavy (non-hydrogen) atoms. The van der Waals surface area contributed by atoms with Crippen LogP contribution >= 0.6 is 11.8 Å². The highest BCUT2D eigenvalue weighted by molar-refractivity contribution is 8.00. The number of anilines is 2. The molecule has 0 atom stereocenters. The number of nitrogens with one attached hydrogen (secondary N) is 1. The second kappa shape index (κ2) is 7.61. The number of nitrogens with zero attached hydrogens (tertiary/aromatic N) is 1. The molecule has 0 saturated heterocycles. The molecule has 1 amide bonds. The summed E-state index contributed by atoms with van der Waals surface area (Å²) in [7, 11) is 1.91. The third kappa shape index (κ3) is 4.92. The molecule has 0 unspecified atom stereocenters. The lowest BCUT2D eigenvalue weighted by Crippen LogP contribution is -2.17. The van der Waals surface area contributed by atoms with E-state index >= 15 is 0 Å². The third-order valence-corrected chi connectivity index (χ3v) is 4.18. The van der Waals surface area contributed by atoms with Crippen molar-refractivity contribution in [3.8, 4) is 0 Å². The van der Waals surface area contributed by atoms with Crippen LogP contribution in [0.15, 0.2) is 53.4 Å². The van der Waals surface area contributed by atoms with Crippen LogP contribution in [0.5, 0.6) is 0 Å². The number of thioether (sulfide) groups is 1. The normalized spacial score (nSPS) is 11.2. The second-order valence-corrected chi connectivity index (χ2v) is 6.17. The van der Waals surface area contributed by atoms with Crippen molar-refractivity contribution in [1.29, 1.82) is 0 Å². The van der Waals surface area contributed by atoms with E-state index in [9.17, 15) is 18.0 Å². The Balaban J connectivity index is 2.22. The first-order valence-electron chi connectivity index (χ1n) is 7.27.